The predicted molar refractivity (Wildman–Crippen MR) is 55.2 cm³/mol. The molecule has 0 saturated heterocycles. The van der Waals surface area contributed by atoms with Crippen molar-refractivity contribution in [3.63, 3.8) is 0 Å². The molecule has 5 nitrogen and oxygen atoms in total. The van der Waals surface area contributed by atoms with Gasteiger partial charge in [-0.1, -0.05) is 0 Å². The van der Waals surface area contributed by atoms with Crippen molar-refractivity contribution in [2.24, 2.45) is 5.73 Å². The Kier molecular flexibility index (Phi) is 4.66. The van der Waals surface area contributed by atoms with Gasteiger partial charge in [-0.25, -0.2) is 9.78 Å². The van der Waals surface area contributed by atoms with E-state index < -0.39 is 47.8 Å². The van der Waals surface area contributed by atoms with Crippen LogP contribution in [0.2, 0.25) is 0 Å². The molecule has 0 aromatic carbocycles. The van der Waals surface area contributed by atoms with Crippen LogP contribution in [0.1, 0.15) is 21.6 Å². The van der Waals surface area contributed by atoms with Gasteiger partial charge < -0.3 is 15.2 Å². The fourth-order valence-corrected chi connectivity index (χ4v) is 1.43. The zero-order chi connectivity index (χ0) is 16.4. The second-order valence-corrected chi connectivity index (χ2v) is 3.59. The molecule has 0 amide bonds. The molecule has 118 valence electrons. The van der Waals surface area contributed by atoms with Crippen LogP contribution in [-0.4, -0.2) is 24.4 Å². The maximum absolute atomic E-state index is 12.8. The van der Waals surface area contributed by atoms with E-state index in [1.807, 2.05) is 0 Å². The molecule has 1 heterocycles. The third-order valence-corrected chi connectivity index (χ3v) is 2.18. The molecule has 0 bridgehead atoms. The fraction of sp³-hybridized carbons (Fsp3) is 0.400. The minimum Gasteiger partial charge on any atom is -0.464 e. The highest BCUT2D eigenvalue weighted by Gasteiger charge is 2.42. The summed E-state index contributed by atoms with van der Waals surface area (Å²) < 4.78 is 82.5. The molecule has 1 aromatic rings. The molecule has 1 aromatic heterocycles. The molecule has 0 aliphatic carbocycles. The van der Waals surface area contributed by atoms with E-state index in [2.05, 4.69) is 14.5 Å². The average molecular weight is 318 g/mol. The first kappa shape index (κ1) is 17.0. The zero-order valence-electron chi connectivity index (χ0n) is 10.3. The van der Waals surface area contributed by atoms with Crippen LogP contribution in [0, 0.1) is 0 Å². The summed E-state index contributed by atoms with van der Waals surface area (Å²) in [6.07, 6.45) is -10.6. The highest BCUT2D eigenvalue weighted by molar-refractivity contribution is 5.87. The number of aromatic nitrogens is 1. The number of nitrogens with zero attached hydrogens (tertiary/aromatic N) is 1. The van der Waals surface area contributed by atoms with Crippen molar-refractivity contribution in [3.05, 3.63) is 22.9 Å². The van der Waals surface area contributed by atoms with E-state index >= 15 is 0 Å². The van der Waals surface area contributed by atoms with Crippen LogP contribution in [0.3, 0.4) is 0 Å². The molecule has 0 aliphatic heterocycles. The van der Waals surface area contributed by atoms with E-state index in [1.54, 1.807) is 0 Å². The van der Waals surface area contributed by atoms with Gasteiger partial charge in [0, 0.05) is 6.54 Å². The lowest BCUT2D eigenvalue weighted by atomic mass is 10.1. The fourth-order valence-electron chi connectivity index (χ4n) is 1.43. The Bertz CT molecular complexity index is 541. The van der Waals surface area contributed by atoms with Crippen molar-refractivity contribution < 1.29 is 40.6 Å². The van der Waals surface area contributed by atoms with E-state index in [0.29, 0.717) is 6.07 Å². The van der Waals surface area contributed by atoms with E-state index in [0.717, 1.165) is 7.11 Å². The van der Waals surface area contributed by atoms with E-state index in [1.165, 1.54) is 0 Å². The minimum atomic E-state index is -5.42. The van der Waals surface area contributed by atoms with Gasteiger partial charge >= 0.3 is 18.5 Å². The number of alkyl halides is 6. The molecule has 11 heteroatoms. The number of carbonyl (C=O) groups excluding carboxylic acids is 1. The molecule has 21 heavy (non-hydrogen) atoms. The number of hydrogen-bond acceptors (Lipinski definition) is 5. The number of methoxy groups -OCH3 is 1. The topological polar surface area (TPSA) is 74.4 Å². The van der Waals surface area contributed by atoms with Crippen molar-refractivity contribution in [1.29, 1.82) is 0 Å². The van der Waals surface area contributed by atoms with Gasteiger partial charge in [0.1, 0.15) is 5.56 Å². The van der Waals surface area contributed by atoms with Crippen LogP contribution in [0.25, 0.3) is 0 Å². The summed E-state index contributed by atoms with van der Waals surface area (Å²) in [6.45, 7) is -0.782. The van der Waals surface area contributed by atoms with Crippen LogP contribution in [0.15, 0.2) is 6.07 Å². The monoisotopic (exact) mass is 318 g/mol. The molecule has 0 aliphatic rings. The minimum absolute atomic E-state index is 0.595. The Balaban J connectivity index is 3.57. The zero-order valence-corrected chi connectivity index (χ0v) is 10.3. The van der Waals surface area contributed by atoms with Crippen LogP contribution >= 0.6 is 0 Å². The summed E-state index contributed by atoms with van der Waals surface area (Å²) in [5.41, 5.74) is 1.71. The van der Waals surface area contributed by atoms with E-state index in [4.69, 9.17) is 5.73 Å². The Morgan fingerprint density at radius 2 is 1.86 bits per heavy atom. The van der Waals surface area contributed by atoms with Gasteiger partial charge in [0.2, 0.25) is 5.88 Å². The Hall–Kier alpha value is -2.04. The second kappa shape index (κ2) is 5.76. The van der Waals surface area contributed by atoms with Crippen molar-refractivity contribution in [3.8, 4) is 5.88 Å². The quantitative estimate of drug-likeness (QED) is 0.683. The van der Waals surface area contributed by atoms with Crippen molar-refractivity contribution in [1.82, 2.24) is 4.98 Å². The first-order valence-corrected chi connectivity index (χ1v) is 5.15. The number of carbonyl (C=O) groups is 1. The maximum Gasteiger partial charge on any atom is 0.574 e. The maximum atomic E-state index is 12.8. The van der Waals surface area contributed by atoms with Crippen molar-refractivity contribution >= 4 is 5.97 Å². The van der Waals surface area contributed by atoms with Gasteiger partial charge in [-0.3, -0.25) is 0 Å². The van der Waals surface area contributed by atoms with Gasteiger partial charge in [-0.15, -0.1) is 13.2 Å². The molecule has 0 fully saturated rings. The number of ether oxygens (including phenoxy) is 2. The average Bonchev–Trinajstić information content (AvgIpc) is 2.33. The largest absolute Gasteiger partial charge is 0.574 e. The standard InChI is InChI=1S/C10H8F6N2O3/c1-20-8(19)5-2-4(3-17)6(9(11,12)13)7(18-5)21-10(14,15)16/h2H,3,17H2,1H3. The number of pyridine rings is 1. The highest BCUT2D eigenvalue weighted by Crippen LogP contribution is 2.39. The van der Waals surface area contributed by atoms with E-state index in [9.17, 15) is 31.1 Å². The van der Waals surface area contributed by atoms with Crippen molar-refractivity contribution in [2.75, 3.05) is 7.11 Å². The summed E-state index contributed by atoms with van der Waals surface area (Å²) in [4.78, 5) is 14.1. The van der Waals surface area contributed by atoms with Gasteiger partial charge in [0.15, 0.2) is 5.69 Å². The van der Waals surface area contributed by atoms with Crippen LogP contribution < -0.4 is 10.5 Å². The Labute approximate surface area is 113 Å². The lowest BCUT2D eigenvalue weighted by Crippen LogP contribution is -2.24. The smallest absolute Gasteiger partial charge is 0.464 e. The SMILES string of the molecule is COC(=O)c1cc(CN)c(C(F)(F)F)c(OC(F)(F)F)n1. The van der Waals surface area contributed by atoms with Crippen LogP contribution in [0.5, 0.6) is 5.88 Å². The summed E-state index contributed by atoms with van der Waals surface area (Å²) >= 11 is 0. The molecule has 0 spiro atoms. The first-order valence-electron chi connectivity index (χ1n) is 5.15. The van der Waals surface area contributed by atoms with E-state index in [-0.39, 0.29) is 0 Å². The Morgan fingerprint density at radius 3 is 2.24 bits per heavy atom. The predicted octanol–water partition coefficient (Wildman–Crippen LogP) is 2.24. The third-order valence-electron chi connectivity index (χ3n) is 2.18. The number of halogens is 6. The highest BCUT2D eigenvalue weighted by atomic mass is 19.4. The molecule has 0 unspecified atom stereocenters. The lowest BCUT2D eigenvalue weighted by Gasteiger charge is -2.18. The van der Waals surface area contributed by atoms with Crippen LogP contribution in [0.4, 0.5) is 26.3 Å². The second-order valence-electron chi connectivity index (χ2n) is 3.59. The Morgan fingerprint density at radius 1 is 1.29 bits per heavy atom. The molecule has 0 radical (unpaired) electrons. The van der Waals surface area contributed by atoms with Gasteiger partial charge in [-0.05, 0) is 11.6 Å². The summed E-state index contributed by atoms with van der Waals surface area (Å²) in [5.74, 6) is -3.04. The number of hydrogen-bond donors (Lipinski definition) is 1. The third kappa shape index (κ3) is 4.21. The number of rotatable bonds is 3. The van der Waals surface area contributed by atoms with Gasteiger partial charge in [-0.2, -0.15) is 13.2 Å². The van der Waals surface area contributed by atoms with Crippen LogP contribution in [-0.2, 0) is 17.5 Å². The summed E-state index contributed by atoms with van der Waals surface area (Å²) in [6, 6.07) is 0.595. The molecule has 0 atom stereocenters. The summed E-state index contributed by atoms with van der Waals surface area (Å²) in [5, 5.41) is 0. The number of esters is 1. The molecule has 0 saturated carbocycles. The van der Waals surface area contributed by atoms with Gasteiger partial charge in [0.25, 0.3) is 0 Å². The molecule has 1 rings (SSSR count). The normalized spacial score (nSPS) is 12.2. The molecular formula is C10H8F6N2O3. The lowest BCUT2D eigenvalue weighted by molar-refractivity contribution is -0.278. The van der Waals surface area contributed by atoms with Crippen molar-refractivity contribution in [2.45, 2.75) is 19.1 Å². The molecule has 2 N–H and O–H groups in total. The van der Waals surface area contributed by atoms with Gasteiger partial charge in [0.05, 0.1) is 7.11 Å². The number of nitrogens with two attached hydrogens (primary N) is 1. The first-order chi connectivity index (χ1) is 9.49. The molecular weight excluding hydrogens is 310 g/mol. The summed E-state index contributed by atoms with van der Waals surface area (Å²) in [7, 11) is 0.883.